The van der Waals surface area contributed by atoms with Gasteiger partial charge in [0.1, 0.15) is 6.10 Å². The normalized spacial score (nSPS) is 34.0. The summed E-state index contributed by atoms with van der Waals surface area (Å²) in [5, 5.41) is 0. The molecule has 4 nitrogen and oxygen atoms in total. The lowest BCUT2D eigenvalue weighted by Gasteiger charge is -2.26. The van der Waals surface area contributed by atoms with Gasteiger partial charge in [0.2, 0.25) is 0 Å². The van der Waals surface area contributed by atoms with Gasteiger partial charge >= 0.3 is 6.01 Å². The van der Waals surface area contributed by atoms with Crippen LogP contribution in [0, 0.1) is 5.92 Å². The third-order valence-corrected chi connectivity index (χ3v) is 3.18. The van der Waals surface area contributed by atoms with Crippen molar-refractivity contribution in [2.24, 2.45) is 5.92 Å². The highest BCUT2D eigenvalue weighted by Gasteiger charge is 2.38. The zero-order valence-corrected chi connectivity index (χ0v) is 8.50. The minimum absolute atomic E-state index is 0.145. The maximum absolute atomic E-state index is 5.74. The van der Waals surface area contributed by atoms with Crippen molar-refractivity contribution >= 4 is 0 Å². The van der Waals surface area contributed by atoms with Gasteiger partial charge in [-0.3, -0.25) is 0 Å². The SMILES string of the molecule is c1cnc(OC2CCC3COC2C3)nc1. The first-order valence-electron chi connectivity index (χ1n) is 5.47. The Morgan fingerprint density at radius 1 is 1.27 bits per heavy atom. The highest BCUT2D eigenvalue weighted by Crippen LogP contribution is 2.34. The number of ether oxygens (including phenoxy) is 2. The molecule has 0 amide bonds. The van der Waals surface area contributed by atoms with Crippen molar-refractivity contribution in [1.82, 2.24) is 9.97 Å². The van der Waals surface area contributed by atoms with Gasteiger partial charge in [-0.2, -0.15) is 0 Å². The fourth-order valence-corrected chi connectivity index (χ4v) is 2.39. The van der Waals surface area contributed by atoms with Gasteiger partial charge < -0.3 is 9.47 Å². The van der Waals surface area contributed by atoms with Crippen LogP contribution in [0.25, 0.3) is 0 Å². The molecule has 15 heavy (non-hydrogen) atoms. The van der Waals surface area contributed by atoms with E-state index in [4.69, 9.17) is 9.47 Å². The Kier molecular flexibility index (Phi) is 2.29. The topological polar surface area (TPSA) is 44.2 Å². The van der Waals surface area contributed by atoms with E-state index in [1.165, 1.54) is 6.42 Å². The summed E-state index contributed by atoms with van der Waals surface area (Å²) in [6, 6.07) is 2.26. The van der Waals surface area contributed by atoms with E-state index < -0.39 is 0 Å². The van der Waals surface area contributed by atoms with Crippen LogP contribution in [0.15, 0.2) is 18.5 Å². The molecule has 2 bridgehead atoms. The van der Waals surface area contributed by atoms with Crippen molar-refractivity contribution in [3.63, 3.8) is 0 Å². The smallest absolute Gasteiger partial charge is 0.316 e. The van der Waals surface area contributed by atoms with E-state index in [1.54, 1.807) is 18.5 Å². The van der Waals surface area contributed by atoms with Gasteiger partial charge in [0.05, 0.1) is 12.7 Å². The highest BCUT2D eigenvalue weighted by molar-refractivity contribution is 4.97. The van der Waals surface area contributed by atoms with Gasteiger partial charge in [-0.25, -0.2) is 9.97 Å². The average Bonchev–Trinajstić information content (AvgIpc) is 2.67. The first-order valence-corrected chi connectivity index (χ1v) is 5.47. The minimum atomic E-state index is 0.145. The van der Waals surface area contributed by atoms with Crippen molar-refractivity contribution < 1.29 is 9.47 Å². The van der Waals surface area contributed by atoms with Crippen molar-refractivity contribution in [3.8, 4) is 6.01 Å². The summed E-state index contributed by atoms with van der Waals surface area (Å²) in [4.78, 5) is 8.13. The third kappa shape index (κ3) is 1.81. The summed E-state index contributed by atoms with van der Waals surface area (Å²) >= 11 is 0. The van der Waals surface area contributed by atoms with E-state index in [9.17, 15) is 0 Å². The minimum Gasteiger partial charge on any atom is -0.457 e. The number of hydrogen-bond donors (Lipinski definition) is 0. The quantitative estimate of drug-likeness (QED) is 0.734. The zero-order chi connectivity index (χ0) is 10.1. The van der Waals surface area contributed by atoms with Gasteiger partial charge in [-0.05, 0) is 31.2 Å². The van der Waals surface area contributed by atoms with Crippen LogP contribution < -0.4 is 4.74 Å². The predicted molar refractivity (Wildman–Crippen MR) is 53.5 cm³/mol. The maximum Gasteiger partial charge on any atom is 0.316 e. The summed E-state index contributed by atoms with van der Waals surface area (Å²) in [6.45, 7) is 0.903. The molecule has 0 aromatic carbocycles. The monoisotopic (exact) mass is 206 g/mol. The molecule has 1 saturated heterocycles. The number of rotatable bonds is 2. The summed E-state index contributed by atoms with van der Waals surface area (Å²) in [5.74, 6) is 0.756. The Hall–Kier alpha value is -1.16. The molecule has 1 aliphatic heterocycles. The molecule has 2 heterocycles. The van der Waals surface area contributed by atoms with E-state index in [0.717, 1.165) is 25.4 Å². The second-order valence-corrected chi connectivity index (χ2v) is 4.24. The molecule has 3 unspecified atom stereocenters. The van der Waals surface area contributed by atoms with Crippen LogP contribution in [-0.2, 0) is 4.74 Å². The first kappa shape index (κ1) is 9.09. The molecule has 3 rings (SSSR count). The predicted octanol–water partition coefficient (Wildman–Crippen LogP) is 1.42. The maximum atomic E-state index is 5.74. The molecule has 0 N–H and O–H groups in total. The molecule has 80 valence electrons. The van der Waals surface area contributed by atoms with Crippen LogP contribution in [0.1, 0.15) is 19.3 Å². The molecule has 1 aromatic heterocycles. The van der Waals surface area contributed by atoms with Crippen LogP contribution in [0.5, 0.6) is 6.01 Å². The van der Waals surface area contributed by atoms with Crippen molar-refractivity contribution in [2.45, 2.75) is 31.5 Å². The average molecular weight is 206 g/mol. The number of aromatic nitrogens is 2. The molecule has 1 saturated carbocycles. The Morgan fingerprint density at radius 3 is 3.00 bits per heavy atom. The summed E-state index contributed by atoms with van der Waals surface area (Å²) in [6.07, 6.45) is 7.20. The lowest BCUT2D eigenvalue weighted by molar-refractivity contribution is 0.00694. The van der Waals surface area contributed by atoms with Gasteiger partial charge in [0.25, 0.3) is 0 Å². The molecule has 2 aliphatic rings. The second kappa shape index (κ2) is 3.77. The molecule has 0 spiro atoms. The van der Waals surface area contributed by atoms with E-state index in [2.05, 4.69) is 9.97 Å². The van der Waals surface area contributed by atoms with Gasteiger partial charge in [0.15, 0.2) is 0 Å². The summed E-state index contributed by atoms with van der Waals surface area (Å²) < 4.78 is 11.4. The molecule has 4 heteroatoms. The van der Waals surface area contributed by atoms with Crippen LogP contribution in [0.4, 0.5) is 0 Å². The molecule has 1 aliphatic carbocycles. The van der Waals surface area contributed by atoms with Crippen LogP contribution in [-0.4, -0.2) is 28.8 Å². The molecule has 1 aromatic rings. The highest BCUT2D eigenvalue weighted by atomic mass is 16.6. The van der Waals surface area contributed by atoms with Crippen molar-refractivity contribution in [2.75, 3.05) is 6.61 Å². The lowest BCUT2D eigenvalue weighted by atomic mass is 9.88. The summed E-state index contributed by atoms with van der Waals surface area (Å²) in [7, 11) is 0. The Morgan fingerprint density at radius 2 is 2.13 bits per heavy atom. The fraction of sp³-hybridized carbons (Fsp3) is 0.636. The largest absolute Gasteiger partial charge is 0.457 e. The molecule has 3 atom stereocenters. The summed E-state index contributed by atoms with van der Waals surface area (Å²) in [5.41, 5.74) is 0. The van der Waals surface area contributed by atoms with Gasteiger partial charge in [0, 0.05) is 12.4 Å². The number of fused-ring (bicyclic) bond motifs is 2. The zero-order valence-electron chi connectivity index (χ0n) is 8.50. The third-order valence-electron chi connectivity index (χ3n) is 3.18. The molecule has 0 radical (unpaired) electrons. The van der Waals surface area contributed by atoms with Gasteiger partial charge in [-0.15, -0.1) is 0 Å². The first-order chi connectivity index (χ1) is 7.42. The second-order valence-electron chi connectivity index (χ2n) is 4.24. The standard InChI is InChI=1S/C11H14N2O2/c1-4-12-11(13-5-1)15-9-3-2-8-6-10(9)14-7-8/h1,4-5,8-10H,2-3,6-7H2. The Labute approximate surface area is 88.6 Å². The number of nitrogens with zero attached hydrogens (tertiary/aromatic N) is 2. The van der Waals surface area contributed by atoms with E-state index in [0.29, 0.717) is 6.01 Å². The lowest BCUT2D eigenvalue weighted by Crippen LogP contribution is -2.34. The molecular weight excluding hydrogens is 192 g/mol. The van der Waals surface area contributed by atoms with E-state index in [-0.39, 0.29) is 12.2 Å². The van der Waals surface area contributed by atoms with E-state index in [1.807, 2.05) is 0 Å². The Bertz CT molecular complexity index is 331. The molecule has 2 fully saturated rings. The van der Waals surface area contributed by atoms with Crippen LogP contribution in [0.3, 0.4) is 0 Å². The van der Waals surface area contributed by atoms with Crippen molar-refractivity contribution in [1.29, 1.82) is 0 Å². The van der Waals surface area contributed by atoms with E-state index >= 15 is 0 Å². The number of hydrogen-bond acceptors (Lipinski definition) is 4. The van der Waals surface area contributed by atoms with Crippen LogP contribution in [0.2, 0.25) is 0 Å². The van der Waals surface area contributed by atoms with Gasteiger partial charge in [-0.1, -0.05) is 0 Å². The van der Waals surface area contributed by atoms with Crippen LogP contribution >= 0.6 is 0 Å². The Balaban J connectivity index is 1.68. The fourth-order valence-electron chi connectivity index (χ4n) is 2.39. The van der Waals surface area contributed by atoms with Crippen molar-refractivity contribution in [3.05, 3.63) is 18.5 Å². The molecular formula is C11H14N2O2.